The lowest BCUT2D eigenvalue weighted by Gasteiger charge is -2.39. The van der Waals surface area contributed by atoms with Gasteiger partial charge in [-0.25, -0.2) is 14.0 Å². The molecule has 2 aliphatic heterocycles. The predicted molar refractivity (Wildman–Crippen MR) is 141 cm³/mol. The second kappa shape index (κ2) is 12.2. The second-order valence-corrected chi connectivity index (χ2v) is 9.22. The molecule has 0 aliphatic carbocycles. The van der Waals surface area contributed by atoms with Gasteiger partial charge >= 0.3 is 12.0 Å². The maximum Gasteiger partial charge on any atom is 0.338 e. The molecule has 2 aliphatic rings. The number of urea groups is 1. The Labute approximate surface area is 226 Å². The summed E-state index contributed by atoms with van der Waals surface area (Å²) >= 11 is 0. The zero-order valence-electron chi connectivity index (χ0n) is 22.5. The Morgan fingerprint density at radius 1 is 1.03 bits per heavy atom. The van der Waals surface area contributed by atoms with E-state index >= 15 is 0 Å². The summed E-state index contributed by atoms with van der Waals surface area (Å²) in [5.41, 5.74) is 1.45. The Morgan fingerprint density at radius 2 is 1.67 bits per heavy atom. The van der Waals surface area contributed by atoms with E-state index in [2.05, 4.69) is 10.2 Å². The summed E-state index contributed by atoms with van der Waals surface area (Å²) in [6, 6.07) is 9.94. The first-order valence-corrected chi connectivity index (χ1v) is 12.7. The van der Waals surface area contributed by atoms with Gasteiger partial charge in [0.15, 0.2) is 0 Å². The minimum Gasteiger partial charge on any atom is -0.497 e. The normalized spacial score (nSPS) is 18.1. The highest BCUT2D eigenvalue weighted by atomic mass is 19.1. The molecule has 0 spiro atoms. The van der Waals surface area contributed by atoms with Gasteiger partial charge in [-0.3, -0.25) is 14.6 Å². The number of hydrogen-bond acceptors (Lipinski definition) is 7. The fourth-order valence-corrected chi connectivity index (χ4v) is 4.77. The molecule has 3 amide bonds. The smallest absolute Gasteiger partial charge is 0.338 e. The molecule has 0 unspecified atom stereocenters. The molecule has 1 fully saturated rings. The lowest BCUT2D eigenvalue weighted by Crippen LogP contribution is -2.53. The van der Waals surface area contributed by atoms with Crippen LogP contribution in [0.15, 0.2) is 53.7 Å². The van der Waals surface area contributed by atoms with Crippen LogP contribution in [-0.2, 0) is 9.53 Å². The van der Waals surface area contributed by atoms with Crippen molar-refractivity contribution in [2.24, 2.45) is 0 Å². The van der Waals surface area contributed by atoms with Gasteiger partial charge in [0.05, 0.1) is 38.0 Å². The van der Waals surface area contributed by atoms with Gasteiger partial charge in [-0.2, -0.15) is 0 Å². The molecule has 0 aromatic heterocycles. The molecule has 0 saturated carbocycles. The van der Waals surface area contributed by atoms with Crippen LogP contribution in [-0.4, -0.2) is 93.2 Å². The predicted octanol–water partition coefficient (Wildman–Crippen LogP) is 2.81. The highest BCUT2D eigenvalue weighted by Gasteiger charge is 2.38. The van der Waals surface area contributed by atoms with Crippen LogP contribution in [0.1, 0.15) is 28.9 Å². The minimum atomic E-state index is -0.796. The third-order valence-electron chi connectivity index (χ3n) is 6.92. The number of esters is 1. The lowest BCUT2D eigenvalue weighted by molar-refractivity contribution is -0.139. The lowest BCUT2D eigenvalue weighted by atomic mass is 9.93. The average molecular weight is 541 g/mol. The number of halogens is 1. The van der Waals surface area contributed by atoms with Gasteiger partial charge in [0.1, 0.15) is 17.3 Å². The number of carbonyl (C=O) groups excluding carboxylic acids is 3. The SMILES string of the molecule is CCOC(=O)C1=C(CN2CCN(C(=O)c3ccccc3F)CC2)N(C)C(=O)N[C@@H]1c1cc(OC)cc(OC)c1. The molecule has 0 radical (unpaired) electrons. The second-order valence-electron chi connectivity index (χ2n) is 9.22. The van der Waals surface area contributed by atoms with Gasteiger partial charge in [0, 0.05) is 51.5 Å². The average Bonchev–Trinajstić information content (AvgIpc) is 2.95. The molecule has 10 nitrogen and oxygen atoms in total. The Hall–Kier alpha value is -4.12. The van der Waals surface area contributed by atoms with Crippen molar-refractivity contribution in [3.8, 4) is 11.5 Å². The number of nitrogens with one attached hydrogen (secondary N) is 1. The van der Waals surface area contributed by atoms with Crippen LogP contribution in [0.4, 0.5) is 9.18 Å². The Balaban J connectivity index is 1.62. The zero-order valence-corrected chi connectivity index (χ0v) is 22.5. The van der Waals surface area contributed by atoms with Crippen molar-refractivity contribution in [3.05, 3.63) is 70.7 Å². The first kappa shape index (κ1) is 27.9. The van der Waals surface area contributed by atoms with Gasteiger partial charge in [0.2, 0.25) is 0 Å². The number of piperazine rings is 1. The van der Waals surface area contributed by atoms with Crippen LogP contribution in [0.2, 0.25) is 0 Å². The van der Waals surface area contributed by atoms with Crippen LogP contribution >= 0.6 is 0 Å². The van der Waals surface area contributed by atoms with E-state index in [0.29, 0.717) is 54.5 Å². The fraction of sp³-hybridized carbons (Fsp3) is 0.393. The third-order valence-corrected chi connectivity index (χ3v) is 6.92. The standard InChI is InChI=1S/C28H33FN4O6/c1-5-39-27(35)24-23(17-32-10-12-33(13-11-32)26(34)21-8-6-7-9-22(21)29)31(2)28(36)30-25(24)18-14-19(37-3)16-20(15-18)38-4/h6-9,14-16,25H,5,10-13,17H2,1-4H3,(H,30,36)/t25-/m1/s1. The molecule has 1 atom stereocenters. The summed E-state index contributed by atoms with van der Waals surface area (Å²) < 4.78 is 30.4. The first-order valence-electron chi connectivity index (χ1n) is 12.7. The van der Waals surface area contributed by atoms with Gasteiger partial charge in [-0.05, 0) is 36.8 Å². The quantitative estimate of drug-likeness (QED) is 0.514. The summed E-state index contributed by atoms with van der Waals surface area (Å²) in [4.78, 5) is 44.3. The van der Waals surface area contributed by atoms with E-state index in [9.17, 15) is 18.8 Å². The Bertz CT molecular complexity index is 1250. The van der Waals surface area contributed by atoms with Crippen LogP contribution in [0.3, 0.4) is 0 Å². The molecule has 208 valence electrons. The van der Waals surface area contributed by atoms with Crippen molar-refractivity contribution in [2.45, 2.75) is 13.0 Å². The molecule has 1 N–H and O–H groups in total. The summed E-state index contributed by atoms with van der Waals surface area (Å²) in [5.74, 6) is -0.431. The van der Waals surface area contributed by atoms with Crippen LogP contribution in [0.5, 0.6) is 11.5 Å². The van der Waals surface area contributed by atoms with Crippen LogP contribution in [0.25, 0.3) is 0 Å². The summed E-state index contributed by atoms with van der Waals surface area (Å²) in [7, 11) is 4.65. The van der Waals surface area contributed by atoms with Crippen molar-refractivity contribution < 1.29 is 33.0 Å². The number of amides is 3. The molecule has 39 heavy (non-hydrogen) atoms. The molecular weight excluding hydrogens is 507 g/mol. The molecule has 11 heteroatoms. The summed E-state index contributed by atoms with van der Waals surface area (Å²) in [6.45, 7) is 3.87. The van der Waals surface area contributed by atoms with E-state index in [-0.39, 0.29) is 30.7 Å². The molecule has 2 aromatic rings. The van der Waals surface area contributed by atoms with Crippen LogP contribution in [0, 0.1) is 5.82 Å². The van der Waals surface area contributed by atoms with E-state index in [1.54, 1.807) is 49.2 Å². The van der Waals surface area contributed by atoms with Crippen molar-refractivity contribution in [3.63, 3.8) is 0 Å². The van der Waals surface area contributed by atoms with E-state index in [1.807, 2.05) is 0 Å². The maximum absolute atomic E-state index is 14.1. The number of rotatable bonds is 8. The van der Waals surface area contributed by atoms with Crippen molar-refractivity contribution >= 4 is 17.9 Å². The monoisotopic (exact) mass is 540 g/mol. The van der Waals surface area contributed by atoms with E-state index in [4.69, 9.17) is 14.2 Å². The van der Waals surface area contributed by atoms with Crippen LogP contribution < -0.4 is 14.8 Å². The largest absolute Gasteiger partial charge is 0.497 e. The molecule has 1 saturated heterocycles. The topological polar surface area (TPSA) is 101 Å². The Morgan fingerprint density at radius 3 is 2.26 bits per heavy atom. The van der Waals surface area contributed by atoms with Crippen molar-refractivity contribution in [1.82, 2.24) is 20.0 Å². The van der Waals surface area contributed by atoms with Gasteiger partial charge in [-0.15, -0.1) is 0 Å². The molecule has 2 heterocycles. The Kier molecular flexibility index (Phi) is 8.70. The number of ether oxygens (including phenoxy) is 3. The first-order chi connectivity index (χ1) is 18.8. The van der Waals surface area contributed by atoms with E-state index < -0.39 is 17.8 Å². The van der Waals surface area contributed by atoms with Gasteiger partial charge in [-0.1, -0.05) is 12.1 Å². The number of nitrogens with zero attached hydrogens (tertiary/aromatic N) is 3. The van der Waals surface area contributed by atoms with Crippen molar-refractivity contribution in [1.29, 1.82) is 0 Å². The highest BCUT2D eigenvalue weighted by molar-refractivity contribution is 5.95. The molecular formula is C28H33FN4O6. The van der Waals surface area contributed by atoms with E-state index in [1.165, 1.54) is 31.3 Å². The zero-order chi connectivity index (χ0) is 28.1. The fourth-order valence-electron chi connectivity index (χ4n) is 4.77. The third kappa shape index (κ3) is 5.98. The molecule has 2 aromatic carbocycles. The number of carbonyl (C=O) groups is 3. The van der Waals surface area contributed by atoms with Gasteiger partial charge in [0.25, 0.3) is 5.91 Å². The molecule has 4 rings (SSSR count). The number of methoxy groups -OCH3 is 2. The maximum atomic E-state index is 14.1. The molecule has 0 bridgehead atoms. The number of benzene rings is 2. The summed E-state index contributed by atoms with van der Waals surface area (Å²) in [5, 5.41) is 2.90. The van der Waals surface area contributed by atoms with Crippen molar-refractivity contribution in [2.75, 3.05) is 60.6 Å². The highest BCUT2D eigenvalue weighted by Crippen LogP contribution is 2.35. The number of hydrogen-bond donors (Lipinski definition) is 1. The minimum absolute atomic E-state index is 0.0403. The number of likely N-dealkylation sites (N-methyl/N-ethyl adjacent to an activating group) is 1. The van der Waals surface area contributed by atoms with E-state index in [0.717, 1.165) is 0 Å². The summed E-state index contributed by atoms with van der Waals surface area (Å²) in [6.07, 6.45) is 0. The van der Waals surface area contributed by atoms with Gasteiger partial charge < -0.3 is 24.4 Å².